The molecule has 0 aliphatic carbocycles. The number of hydrogen-bond acceptors (Lipinski definition) is 5. The molecule has 0 N–H and O–H groups in total. The average molecular weight is 297 g/mol. The van der Waals surface area contributed by atoms with E-state index in [1.165, 1.54) is 12.1 Å². The molecule has 110 valence electrons. The molecule has 1 aromatic carbocycles. The van der Waals surface area contributed by atoms with Gasteiger partial charge in [0.2, 0.25) is 0 Å². The molecule has 0 atom stereocenters. The van der Waals surface area contributed by atoms with Crippen molar-refractivity contribution in [3.05, 3.63) is 29.8 Å². The van der Waals surface area contributed by atoms with E-state index in [1.807, 2.05) is 19.9 Å². The molecule has 0 radical (unpaired) electrons. The molecule has 1 aromatic rings. The molecule has 0 bridgehead atoms. The number of nitriles is 1. The summed E-state index contributed by atoms with van der Waals surface area (Å²) >= 11 is 0. The van der Waals surface area contributed by atoms with Crippen molar-refractivity contribution in [1.82, 2.24) is 0 Å². The van der Waals surface area contributed by atoms with Crippen LogP contribution in [0.5, 0.6) is 0 Å². The lowest BCUT2D eigenvalue weighted by Crippen LogP contribution is -2.15. The van der Waals surface area contributed by atoms with Crippen LogP contribution in [0, 0.1) is 11.3 Å². The number of hydrogen-bond donors (Lipinski definition) is 0. The van der Waals surface area contributed by atoms with Crippen LogP contribution < -0.4 is 0 Å². The minimum atomic E-state index is -3.41. The highest BCUT2D eigenvalue weighted by Gasteiger charge is 2.14. The van der Waals surface area contributed by atoms with Gasteiger partial charge >= 0.3 is 0 Å². The molecule has 6 heteroatoms. The van der Waals surface area contributed by atoms with Gasteiger partial charge < -0.3 is 9.47 Å². The molecule has 1 rings (SSSR count). The summed E-state index contributed by atoms with van der Waals surface area (Å²) in [6.45, 7) is 4.77. The summed E-state index contributed by atoms with van der Waals surface area (Å²) in [5.41, 5.74) is 0.331. The molecule has 0 saturated carbocycles. The van der Waals surface area contributed by atoms with Crippen molar-refractivity contribution in [2.75, 3.05) is 25.6 Å². The van der Waals surface area contributed by atoms with E-state index >= 15 is 0 Å². The summed E-state index contributed by atoms with van der Waals surface area (Å²) in [4.78, 5) is 0.151. The minimum Gasteiger partial charge on any atom is -0.378 e. The van der Waals surface area contributed by atoms with E-state index in [9.17, 15) is 8.42 Å². The fraction of sp³-hybridized carbons (Fsp3) is 0.500. The Morgan fingerprint density at radius 2 is 2.00 bits per heavy atom. The molecule has 5 nitrogen and oxygen atoms in total. The summed E-state index contributed by atoms with van der Waals surface area (Å²) in [6, 6.07) is 7.90. The third kappa shape index (κ3) is 5.70. The Hall–Kier alpha value is -1.42. The van der Waals surface area contributed by atoms with Crippen LogP contribution in [0.25, 0.3) is 0 Å². The Kier molecular flexibility index (Phi) is 6.65. The van der Waals surface area contributed by atoms with Gasteiger partial charge in [0, 0.05) is 0 Å². The molecule has 20 heavy (non-hydrogen) atoms. The minimum absolute atomic E-state index is 0.108. The van der Waals surface area contributed by atoms with Gasteiger partial charge in [-0.25, -0.2) is 8.42 Å². The van der Waals surface area contributed by atoms with Crippen LogP contribution in [-0.4, -0.2) is 40.1 Å². The molecule has 0 aromatic heterocycles. The standard InChI is InChI=1S/C14H19NO4S/c1-12(2)19-7-6-18-8-9-20(16,17)14-5-3-4-13(10-14)11-15/h3-5,10,12H,6-9H2,1-2H3. The molecule has 0 heterocycles. The Bertz CT molecular complexity index is 561. The second-order valence-electron chi connectivity index (χ2n) is 4.49. The van der Waals surface area contributed by atoms with Gasteiger partial charge in [-0.05, 0) is 32.0 Å². The van der Waals surface area contributed by atoms with Crippen molar-refractivity contribution >= 4 is 9.84 Å². The zero-order valence-electron chi connectivity index (χ0n) is 11.7. The van der Waals surface area contributed by atoms with Crippen molar-refractivity contribution < 1.29 is 17.9 Å². The third-order valence-corrected chi connectivity index (χ3v) is 4.17. The summed E-state index contributed by atoms with van der Waals surface area (Å²) in [5.74, 6) is -0.108. The van der Waals surface area contributed by atoms with E-state index in [0.29, 0.717) is 18.8 Å². The van der Waals surface area contributed by atoms with E-state index in [2.05, 4.69) is 0 Å². The molecule has 0 amide bonds. The van der Waals surface area contributed by atoms with Gasteiger partial charge in [0.1, 0.15) is 0 Å². The van der Waals surface area contributed by atoms with Crippen LogP contribution in [0.3, 0.4) is 0 Å². The fourth-order valence-electron chi connectivity index (χ4n) is 1.49. The fourth-order valence-corrected chi connectivity index (χ4v) is 2.66. The Morgan fingerprint density at radius 3 is 2.65 bits per heavy atom. The first kappa shape index (κ1) is 16.6. The second kappa shape index (κ2) is 8.00. The zero-order chi connectivity index (χ0) is 15.0. The van der Waals surface area contributed by atoms with E-state index < -0.39 is 9.84 Å². The van der Waals surface area contributed by atoms with E-state index in [-0.39, 0.29) is 23.4 Å². The number of rotatable bonds is 8. The maximum absolute atomic E-state index is 12.0. The first-order valence-corrected chi connectivity index (χ1v) is 8.03. The lowest BCUT2D eigenvalue weighted by molar-refractivity contribution is 0.0235. The SMILES string of the molecule is CC(C)OCCOCCS(=O)(=O)c1cccc(C#N)c1. The van der Waals surface area contributed by atoms with Gasteiger partial charge in [-0.3, -0.25) is 0 Å². The van der Waals surface area contributed by atoms with E-state index in [1.54, 1.807) is 12.1 Å². The van der Waals surface area contributed by atoms with Gasteiger partial charge in [-0.1, -0.05) is 6.07 Å². The second-order valence-corrected chi connectivity index (χ2v) is 6.60. The van der Waals surface area contributed by atoms with Crippen molar-refractivity contribution in [3.8, 4) is 6.07 Å². The molecular weight excluding hydrogens is 278 g/mol. The number of nitrogens with zero attached hydrogens (tertiary/aromatic N) is 1. The zero-order valence-corrected chi connectivity index (χ0v) is 12.5. The van der Waals surface area contributed by atoms with E-state index in [4.69, 9.17) is 14.7 Å². The van der Waals surface area contributed by atoms with Crippen LogP contribution in [0.4, 0.5) is 0 Å². The Labute approximate surface area is 120 Å². The van der Waals surface area contributed by atoms with Gasteiger partial charge in [0.25, 0.3) is 0 Å². The molecular formula is C14H19NO4S. The molecule has 0 aliphatic rings. The predicted octanol–water partition coefficient (Wildman–Crippen LogP) is 1.77. The number of sulfone groups is 1. The van der Waals surface area contributed by atoms with Gasteiger partial charge in [0.15, 0.2) is 9.84 Å². The molecule has 0 saturated heterocycles. The Balaban J connectivity index is 2.44. The highest BCUT2D eigenvalue weighted by atomic mass is 32.2. The first-order chi connectivity index (χ1) is 9.45. The largest absolute Gasteiger partial charge is 0.378 e. The van der Waals surface area contributed by atoms with Crippen LogP contribution in [0.2, 0.25) is 0 Å². The smallest absolute Gasteiger partial charge is 0.180 e. The predicted molar refractivity (Wildman–Crippen MR) is 75.1 cm³/mol. The highest BCUT2D eigenvalue weighted by molar-refractivity contribution is 7.91. The quantitative estimate of drug-likeness (QED) is 0.683. The molecule has 0 spiro atoms. The third-order valence-electron chi connectivity index (χ3n) is 2.50. The summed E-state index contributed by atoms with van der Waals surface area (Å²) < 4.78 is 34.5. The number of ether oxygens (including phenoxy) is 2. The van der Waals surface area contributed by atoms with Gasteiger partial charge in [-0.15, -0.1) is 0 Å². The van der Waals surface area contributed by atoms with Crippen LogP contribution in [-0.2, 0) is 19.3 Å². The van der Waals surface area contributed by atoms with Crippen molar-refractivity contribution in [2.24, 2.45) is 0 Å². The van der Waals surface area contributed by atoms with Crippen molar-refractivity contribution in [2.45, 2.75) is 24.8 Å². The molecule has 0 fully saturated rings. The summed E-state index contributed by atoms with van der Waals surface area (Å²) in [5, 5.41) is 8.76. The van der Waals surface area contributed by atoms with E-state index in [0.717, 1.165) is 0 Å². The van der Waals surface area contributed by atoms with Crippen LogP contribution >= 0.6 is 0 Å². The Morgan fingerprint density at radius 1 is 1.25 bits per heavy atom. The first-order valence-electron chi connectivity index (χ1n) is 6.38. The molecule has 0 unspecified atom stereocenters. The molecule has 0 aliphatic heterocycles. The lowest BCUT2D eigenvalue weighted by Gasteiger charge is -2.08. The monoisotopic (exact) mass is 297 g/mol. The topological polar surface area (TPSA) is 76.4 Å². The summed E-state index contributed by atoms with van der Waals surface area (Å²) in [6.07, 6.45) is 0.135. The van der Waals surface area contributed by atoms with Crippen molar-refractivity contribution in [3.63, 3.8) is 0 Å². The number of benzene rings is 1. The van der Waals surface area contributed by atoms with Crippen molar-refractivity contribution in [1.29, 1.82) is 5.26 Å². The maximum atomic E-state index is 12.0. The lowest BCUT2D eigenvalue weighted by atomic mass is 10.2. The van der Waals surface area contributed by atoms with Gasteiger partial charge in [-0.2, -0.15) is 5.26 Å². The maximum Gasteiger partial charge on any atom is 0.180 e. The summed E-state index contributed by atoms with van der Waals surface area (Å²) in [7, 11) is -3.41. The van der Waals surface area contributed by atoms with Crippen LogP contribution in [0.1, 0.15) is 19.4 Å². The normalized spacial score (nSPS) is 11.5. The highest BCUT2D eigenvalue weighted by Crippen LogP contribution is 2.12. The van der Waals surface area contributed by atoms with Gasteiger partial charge in [0.05, 0.1) is 48.2 Å². The van der Waals surface area contributed by atoms with Crippen LogP contribution in [0.15, 0.2) is 29.2 Å². The average Bonchev–Trinajstić information content (AvgIpc) is 2.42.